The summed E-state index contributed by atoms with van der Waals surface area (Å²) in [6.07, 6.45) is 2.44. The standard InChI is InChI=1S/C16H11BrN2OS/c17-10-8-9-4-1-2-5-11(9)18-14(10)16-19-12-6-3-7-13(20)15(12)21-16/h1-2,4-5,8H,3,6-7H2. The summed E-state index contributed by atoms with van der Waals surface area (Å²) in [4.78, 5) is 22.1. The number of para-hydroxylation sites is 1. The van der Waals surface area contributed by atoms with Crippen LogP contribution in [0.3, 0.4) is 0 Å². The molecule has 104 valence electrons. The van der Waals surface area contributed by atoms with Gasteiger partial charge >= 0.3 is 0 Å². The summed E-state index contributed by atoms with van der Waals surface area (Å²) in [6, 6.07) is 10.1. The van der Waals surface area contributed by atoms with E-state index in [0.29, 0.717) is 6.42 Å². The van der Waals surface area contributed by atoms with E-state index >= 15 is 0 Å². The van der Waals surface area contributed by atoms with Crippen LogP contribution in [0.4, 0.5) is 0 Å². The van der Waals surface area contributed by atoms with E-state index in [1.807, 2.05) is 24.3 Å². The third-order valence-electron chi connectivity index (χ3n) is 3.65. The van der Waals surface area contributed by atoms with E-state index in [9.17, 15) is 4.79 Å². The third kappa shape index (κ3) is 2.21. The highest BCUT2D eigenvalue weighted by atomic mass is 79.9. The molecule has 0 spiro atoms. The molecule has 0 fully saturated rings. The molecule has 2 heterocycles. The lowest BCUT2D eigenvalue weighted by Gasteiger charge is -2.06. The largest absolute Gasteiger partial charge is 0.293 e. The summed E-state index contributed by atoms with van der Waals surface area (Å²) in [5.74, 6) is 0.219. The Kier molecular flexibility index (Phi) is 3.12. The maximum Gasteiger partial charge on any atom is 0.174 e. The molecule has 0 unspecified atom stereocenters. The highest BCUT2D eigenvalue weighted by Crippen LogP contribution is 2.36. The fraction of sp³-hybridized carbons (Fsp3) is 0.188. The quantitative estimate of drug-likeness (QED) is 0.636. The number of carbonyl (C=O) groups excluding carboxylic acids is 1. The molecule has 3 nitrogen and oxygen atoms in total. The van der Waals surface area contributed by atoms with Gasteiger partial charge in [-0.05, 0) is 40.9 Å². The predicted octanol–water partition coefficient (Wildman–Crippen LogP) is 4.64. The van der Waals surface area contributed by atoms with Crippen LogP contribution in [0.15, 0.2) is 34.8 Å². The molecule has 1 aliphatic carbocycles. The van der Waals surface area contributed by atoms with E-state index in [-0.39, 0.29) is 5.78 Å². The Labute approximate surface area is 134 Å². The predicted molar refractivity (Wildman–Crippen MR) is 87.8 cm³/mol. The molecular formula is C16H11BrN2OS. The number of thiazole rings is 1. The Hall–Kier alpha value is -1.59. The summed E-state index contributed by atoms with van der Waals surface area (Å²) >= 11 is 5.05. The first-order valence-corrected chi connectivity index (χ1v) is 8.42. The molecule has 0 radical (unpaired) electrons. The fourth-order valence-electron chi connectivity index (χ4n) is 2.61. The van der Waals surface area contributed by atoms with Gasteiger partial charge in [-0.25, -0.2) is 9.97 Å². The zero-order valence-corrected chi connectivity index (χ0v) is 13.5. The van der Waals surface area contributed by atoms with Crippen LogP contribution in [-0.4, -0.2) is 15.8 Å². The molecule has 4 rings (SSSR count). The van der Waals surface area contributed by atoms with Gasteiger partial charge in [0.1, 0.15) is 10.7 Å². The first kappa shape index (κ1) is 13.1. The van der Waals surface area contributed by atoms with E-state index < -0.39 is 0 Å². The van der Waals surface area contributed by atoms with Gasteiger partial charge in [-0.15, -0.1) is 11.3 Å². The van der Waals surface area contributed by atoms with Crippen LogP contribution in [0.2, 0.25) is 0 Å². The maximum atomic E-state index is 12.0. The number of Topliss-reactive ketones (excluding diaryl/α,β-unsaturated/α-hetero) is 1. The molecule has 5 heteroatoms. The molecule has 1 aliphatic rings. The maximum absolute atomic E-state index is 12.0. The minimum absolute atomic E-state index is 0.219. The molecule has 0 aliphatic heterocycles. The molecule has 0 bridgehead atoms. The second-order valence-corrected chi connectivity index (χ2v) is 6.94. The molecule has 0 saturated carbocycles. The van der Waals surface area contributed by atoms with Crippen molar-refractivity contribution >= 4 is 44.0 Å². The zero-order chi connectivity index (χ0) is 14.4. The number of nitrogens with zero attached hydrogens (tertiary/aromatic N) is 2. The van der Waals surface area contributed by atoms with Gasteiger partial charge in [-0.2, -0.15) is 0 Å². The molecule has 0 atom stereocenters. The van der Waals surface area contributed by atoms with Crippen LogP contribution in [0.25, 0.3) is 21.6 Å². The Bertz CT molecular complexity index is 872. The van der Waals surface area contributed by atoms with Gasteiger partial charge in [0.15, 0.2) is 5.78 Å². The SMILES string of the molecule is O=C1CCCc2nc(-c3nc4ccccc4cc3Br)sc21. The summed E-state index contributed by atoms with van der Waals surface area (Å²) in [5.41, 5.74) is 2.70. The van der Waals surface area contributed by atoms with Crippen molar-refractivity contribution < 1.29 is 4.79 Å². The number of benzene rings is 1. The molecule has 1 aromatic carbocycles. The van der Waals surface area contributed by atoms with Gasteiger partial charge in [0.2, 0.25) is 0 Å². The number of halogens is 1. The van der Waals surface area contributed by atoms with Crippen LogP contribution in [0, 0.1) is 0 Å². The summed E-state index contributed by atoms with van der Waals surface area (Å²) in [7, 11) is 0. The van der Waals surface area contributed by atoms with Crippen molar-refractivity contribution in [3.8, 4) is 10.7 Å². The summed E-state index contributed by atoms with van der Waals surface area (Å²) < 4.78 is 0.916. The van der Waals surface area contributed by atoms with E-state index in [0.717, 1.165) is 49.5 Å². The second kappa shape index (κ2) is 5.00. The van der Waals surface area contributed by atoms with Crippen molar-refractivity contribution in [2.75, 3.05) is 0 Å². The van der Waals surface area contributed by atoms with Crippen LogP contribution < -0.4 is 0 Å². The van der Waals surface area contributed by atoms with E-state index in [2.05, 4.69) is 27.0 Å². The first-order valence-electron chi connectivity index (χ1n) is 6.81. The minimum atomic E-state index is 0.219. The smallest absolute Gasteiger partial charge is 0.174 e. The van der Waals surface area contributed by atoms with Gasteiger partial charge in [0.25, 0.3) is 0 Å². The van der Waals surface area contributed by atoms with Crippen LogP contribution in [0.1, 0.15) is 28.2 Å². The van der Waals surface area contributed by atoms with Crippen molar-refractivity contribution in [3.63, 3.8) is 0 Å². The van der Waals surface area contributed by atoms with Crippen LogP contribution >= 0.6 is 27.3 Å². The van der Waals surface area contributed by atoms with Gasteiger partial charge in [0, 0.05) is 16.3 Å². The molecule has 0 N–H and O–H groups in total. The van der Waals surface area contributed by atoms with Crippen molar-refractivity contribution in [1.29, 1.82) is 0 Å². The monoisotopic (exact) mass is 358 g/mol. The van der Waals surface area contributed by atoms with Crippen LogP contribution in [0.5, 0.6) is 0 Å². The van der Waals surface area contributed by atoms with Gasteiger partial charge in [-0.3, -0.25) is 4.79 Å². The molecule has 21 heavy (non-hydrogen) atoms. The average Bonchev–Trinajstić information content (AvgIpc) is 2.92. The highest BCUT2D eigenvalue weighted by Gasteiger charge is 2.23. The average molecular weight is 359 g/mol. The first-order chi connectivity index (χ1) is 10.2. The molecule has 3 aromatic rings. The number of hydrogen-bond acceptors (Lipinski definition) is 4. The molecular weight excluding hydrogens is 348 g/mol. The van der Waals surface area contributed by atoms with E-state index in [1.165, 1.54) is 11.3 Å². The van der Waals surface area contributed by atoms with Crippen molar-refractivity contribution in [2.45, 2.75) is 19.3 Å². The number of fused-ring (bicyclic) bond motifs is 2. The van der Waals surface area contributed by atoms with Crippen molar-refractivity contribution in [3.05, 3.63) is 45.4 Å². The zero-order valence-electron chi connectivity index (χ0n) is 11.1. The lowest BCUT2D eigenvalue weighted by molar-refractivity contribution is 0.0976. The van der Waals surface area contributed by atoms with Crippen molar-refractivity contribution in [1.82, 2.24) is 9.97 Å². The van der Waals surface area contributed by atoms with E-state index in [4.69, 9.17) is 4.98 Å². The molecule has 2 aromatic heterocycles. The molecule has 0 saturated heterocycles. The number of rotatable bonds is 1. The Balaban J connectivity index is 1.90. The number of aryl methyl sites for hydroxylation is 1. The lowest BCUT2D eigenvalue weighted by Crippen LogP contribution is -2.07. The third-order valence-corrected chi connectivity index (χ3v) is 5.40. The number of pyridine rings is 1. The topological polar surface area (TPSA) is 42.9 Å². The Morgan fingerprint density at radius 3 is 2.86 bits per heavy atom. The van der Waals surface area contributed by atoms with Gasteiger partial charge in [0.05, 0.1) is 16.1 Å². The summed E-state index contributed by atoms with van der Waals surface area (Å²) in [5, 5.41) is 1.92. The number of aromatic nitrogens is 2. The Morgan fingerprint density at radius 1 is 1.14 bits per heavy atom. The molecule has 0 amide bonds. The summed E-state index contributed by atoms with van der Waals surface area (Å²) in [6.45, 7) is 0. The van der Waals surface area contributed by atoms with E-state index in [1.54, 1.807) is 0 Å². The number of ketones is 1. The van der Waals surface area contributed by atoms with Gasteiger partial charge < -0.3 is 0 Å². The van der Waals surface area contributed by atoms with Crippen molar-refractivity contribution in [2.24, 2.45) is 0 Å². The second-order valence-electron chi connectivity index (χ2n) is 5.08. The van der Waals surface area contributed by atoms with Crippen LogP contribution in [-0.2, 0) is 6.42 Å². The number of hydrogen-bond donors (Lipinski definition) is 0. The number of carbonyl (C=O) groups is 1. The Morgan fingerprint density at radius 2 is 2.00 bits per heavy atom. The fourth-order valence-corrected chi connectivity index (χ4v) is 4.35. The minimum Gasteiger partial charge on any atom is -0.293 e. The normalized spacial score (nSPS) is 14.4. The van der Waals surface area contributed by atoms with Gasteiger partial charge in [-0.1, -0.05) is 18.2 Å². The highest BCUT2D eigenvalue weighted by molar-refractivity contribution is 9.10. The lowest BCUT2D eigenvalue weighted by atomic mass is 10.0.